The molecule has 8 heteroatoms. The number of aromatic nitrogens is 2. The number of hydrogen-bond acceptors (Lipinski definition) is 5. The lowest BCUT2D eigenvalue weighted by Gasteiger charge is -2.27. The maximum atomic E-state index is 14.1. The predicted octanol–water partition coefficient (Wildman–Crippen LogP) is 2.74. The van der Waals surface area contributed by atoms with Gasteiger partial charge in [0.1, 0.15) is 11.6 Å². The number of furan rings is 1. The summed E-state index contributed by atoms with van der Waals surface area (Å²) < 4.78 is 33.5. The van der Waals surface area contributed by atoms with Crippen LogP contribution in [0.25, 0.3) is 11.6 Å². The van der Waals surface area contributed by atoms with Crippen LogP contribution >= 0.6 is 0 Å². The van der Waals surface area contributed by atoms with E-state index in [9.17, 15) is 13.6 Å². The lowest BCUT2D eigenvalue weighted by molar-refractivity contribution is 0.235. The van der Waals surface area contributed by atoms with Crippen LogP contribution < -0.4 is 5.56 Å². The van der Waals surface area contributed by atoms with Crippen LogP contribution in [0.1, 0.15) is 22.4 Å². The van der Waals surface area contributed by atoms with E-state index in [0.29, 0.717) is 35.8 Å². The number of nitrogens with zero attached hydrogens (tertiary/aromatic N) is 3. The van der Waals surface area contributed by atoms with Crippen molar-refractivity contribution in [3.63, 3.8) is 0 Å². The minimum atomic E-state index is -0.766. The van der Waals surface area contributed by atoms with Gasteiger partial charge in [-0.05, 0) is 24.3 Å². The molecule has 3 heterocycles. The summed E-state index contributed by atoms with van der Waals surface area (Å²) in [4.78, 5) is 21.4. The number of hydrogen-bond donors (Lipinski definition) is 1. The zero-order valence-electron chi connectivity index (χ0n) is 14.1. The van der Waals surface area contributed by atoms with Gasteiger partial charge in [0.2, 0.25) is 0 Å². The lowest BCUT2D eigenvalue weighted by Crippen LogP contribution is -2.35. The van der Waals surface area contributed by atoms with Gasteiger partial charge in [-0.1, -0.05) is 0 Å². The fourth-order valence-electron chi connectivity index (χ4n) is 3.19. The Hall–Kier alpha value is -3.31. The quantitative estimate of drug-likeness (QED) is 0.768. The van der Waals surface area contributed by atoms with Crippen LogP contribution in [0.5, 0.6) is 0 Å². The third-order valence-electron chi connectivity index (χ3n) is 4.55. The fourth-order valence-corrected chi connectivity index (χ4v) is 3.19. The van der Waals surface area contributed by atoms with E-state index in [1.165, 1.54) is 6.26 Å². The summed E-state index contributed by atoms with van der Waals surface area (Å²) in [5, 5.41) is 8.78. The van der Waals surface area contributed by atoms with Gasteiger partial charge in [0, 0.05) is 31.6 Å². The Balaban J connectivity index is 1.59. The topological polar surface area (TPSA) is 85.9 Å². The van der Waals surface area contributed by atoms with Crippen molar-refractivity contribution in [3.05, 3.63) is 74.9 Å². The van der Waals surface area contributed by atoms with Gasteiger partial charge in [-0.25, -0.2) is 13.8 Å². The first-order valence-corrected chi connectivity index (χ1v) is 8.31. The Labute approximate surface area is 152 Å². The van der Waals surface area contributed by atoms with Crippen LogP contribution in [0.15, 0.2) is 39.7 Å². The molecule has 0 saturated carbocycles. The van der Waals surface area contributed by atoms with Gasteiger partial charge in [-0.15, -0.1) is 0 Å². The molecule has 0 bridgehead atoms. The molecule has 1 N–H and O–H groups in total. The number of halogens is 2. The van der Waals surface area contributed by atoms with Crippen LogP contribution in [0, 0.1) is 23.0 Å². The molecule has 1 aliphatic heterocycles. The molecule has 0 spiro atoms. The van der Waals surface area contributed by atoms with Crippen LogP contribution in [-0.2, 0) is 19.5 Å². The van der Waals surface area contributed by atoms with E-state index in [-0.39, 0.29) is 29.8 Å². The summed E-state index contributed by atoms with van der Waals surface area (Å²) >= 11 is 0. The summed E-state index contributed by atoms with van der Waals surface area (Å²) in [5.74, 6) is -0.699. The molecule has 0 radical (unpaired) electrons. The highest BCUT2D eigenvalue weighted by Crippen LogP contribution is 2.22. The molecular weight excluding hydrogens is 354 g/mol. The highest BCUT2D eigenvalue weighted by Gasteiger charge is 2.24. The maximum Gasteiger partial charge on any atom is 0.256 e. The van der Waals surface area contributed by atoms with Gasteiger partial charge in [-0.3, -0.25) is 9.69 Å². The predicted molar refractivity (Wildman–Crippen MR) is 91.5 cm³/mol. The zero-order valence-corrected chi connectivity index (χ0v) is 14.1. The molecule has 0 saturated heterocycles. The zero-order chi connectivity index (χ0) is 19.0. The van der Waals surface area contributed by atoms with Gasteiger partial charge in [0.25, 0.3) is 5.56 Å². The number of nitrogens with one attached hydrogen (secondary N) is 1. The number of rotatable bonds is 3. The SMILES string of the molecule is N#Cc1cc(F)c(CN2CCc3nc(-c4ccco4)[nH]c(=O)c3C2)c(F)c1. The minimum absolute atomic E-state index is 0.00217. The highest BCUT2D eigenvalue weighted by molar-refractivity contribution is 5.47. The molecule has 3 aromatic rings. The van der Waals surface area contributed by atoms with E-state index in [4.69, 9.17) is 9.68 Å². The van der Waals surface area contributed by atoms with Gasteiger partial charge >= 0.3 is 0 Å². The summed E-state index contributed by atoms with van der Waals surface area (Å²) in [5.41, 5.74) is 0.656. The first kappa shape index (κ1) is 17.1. The molecular formula is C19H14F2N4O2. The van der Waals surface area contributed by atoms with Gasteiger partial charge in [0.15, 0.2) is 11.6 Å². The van der Waals surface area contributed by atoms with E-state index in [0.717, 1.165) is 12.1 Å². The second kappa shape index (κ2) is 6.78. The van der Waals surface area contributed by atoms with E-state index >= 15 is 0 Å². The lowest BCUT2D eigenvalue weighted by atomic mass is 10.0. The summed E-state index contributed by atoms with van der Waals surface area (Å²) in [7, 11) is 0. The largest absolute Gasteiger partial charge is 0.461 e. The third-order valence-corrected chi connectivity index (χ3v) is 4.55. The van der Waals surface area contributed by atoms with Crippen LogP contribution in [0.3, 0.4) is 0 Å². The van der Waals surface area contributed by atoms with E-state index < -0.39 is 11.6 Å². The van der Waals surface area contributed by atoms with E-state index in [1.807, 2.05) is 0 Å². The van der Waals surface area contributed by atoms with Crippen molar-refractivity contribution in [2.24, 2.45) is 0 Å². The minimum Gasteiger partial charge on any atom is -0.461 e. The number of H-pyrrole nitrogens is 1. The van der Waals surface area contributed by atoms with Gasteiger partial charge in [-0.2, -0.15) is 5.26 Å². The van der Waals surface area contributed by atoms with Crippen molar-refractivity contribution in [3.8, 4) is 17.7 Å². The molecule has 0 atom stereocenters. The average Bonchev–Trinajstić information content (AvgIpc) is 3.19. The molecule has 0 unspecified atom stereocenters. The molecule has 2 aromatic heterocycles. The standard InChI is InChI=1S/C19H14F2N4O2/c20-14-6-11(8-22)7-15(21)12(14)9-25-4-3-16-13(10-25)19(26)24-18(23-16)17-2-1-5-27-17/h1-2,5-7H,3-4,9-10H2,(H,23,24,26). The normalized spacial score (nSPS) is 14.0. The van der Waals surface area contributed by atoms with Crippen LogP contribution in [0.2, 0.25) is 0 Å². The van der Waals surface area contributed by atoms with Crippen molar-refractivity contribution in [2.75, 3.05) is 6.54 Å². The Morgan fingerprint density at radius 3 is 2.78 bits per heavy atom. The Morgan fingerprint density at radius 2 is 2.11 bits per heavy atom. The molecule has 1 aromatic carbocycles. The maximum absolute atomic E-state index is 14.1. The first-order chi connectivity index (χ1) is 13.0. The highest BCUT2D eigenvalue weighted by atomic mass is 19.1. The molecule has 0 aliphatic carbocycles. The summed E-state index contributed by atoms with van der Waals surface area (Å²) in [6, 6.07) is 7.16. The summed E-state index contributed by atoms with van der Waals surface area (Å²) in [6.07, 6.45) is 1.98. The second-order valence-corrected chi connectivity index (χ2v) is 6.31. The third kappa shape index (κ3) is 3.25. The van der Waals surface area contributed by atoms with Crippen molar-refractivity contribution in [1.82, 2.24) is 14.9 Å². The van der Waals surface area contributed by atoms with Gasteiger partial charge in [0.05, 0.1) is 29.2 Å². The van der Waals surface area contributed by atoms with Crippen molar-refractivity contribution in [1.29, 1.82) is 5.26 Å². The Morgan fingerprint density at radius 1 is 1.33 bits per heavy atom. The monoisotopic (exact) mass is 368 g/mol. The van der Waals surface area contributed by atoms with Crippen molar-refractivity contribution < 1.29 is 13.2 Å². The number of benzene rings is 1. The first-order valence-electron chi connectivity index (χ1n) is 8.31. The average molecular weight is 368 g/mol. The number of nitriles is 1. The smallest absolute Gasteiger partial charge is 0.256 e. The van der Waals surface area contributed by atoms with E-state index in [2.05, 4.69) is 9.97 Å². The Kier molecular flexibility index (Phi) is 4.30. The van der Waals surface area contributed by atoms with Crippen molar-refractivity contribution in [2.45, 2.75) is 19.5 Å². The molecule has 27 heavy (non-hydrogen) atoms. The summed E-state index contributed by atoms with van der Waals surface area (Å²) in [6.45, 7) is 0.733. The molecule has 4 rings (SSSR count). The number of fused-ring (bicyclic) bond motifs is 1. The van der Waals surface area contributed by atoms with E-state index in [1.54, 1.807) is 23.1 Å². The van der Waals surface area contributed by atoms with Crippen LogP contribution in [-0.4, -0.2) is 21.4 Å². The molecule has 0 amide bonds. The Bertz CT molecular complexity index is 1080. The van der Waals surface area contributed by atoms with Crippen molar-refractivity contribution >= 4 is 0 Å². The molecule has 1 aliphatic rings. The molecule has 136 valence electrons. The molecule has 6 nitrogen and oxygen atoms in total. The second-order valence-electron chi connectivity index (χ2n) is 6.31. The number of aromatic amines is 1. The fraction of sp³-hybridized carbons (Fsp3) is 0.211. The van der Waals surface area contributed by atoms with Crippen LogP contribution in [0.4, 0.5) is 8.78 Å². The molecule has 0 fully saturated rings. The van der Waals surface area contributed by atoms with Gasteiger partial charge < -0.3 is 9.40 Å².